The van der Waals surface area contributed by atoms with Crippen LogP contribution in [0.1, 0.15) is 5.56 Å². The number of aliphatic hydroxyl groups is 1. The van der Waals surface area contributed by atoms with Crippen molar-refractivity contribution in [1.29, 1.82) is 0 Å². The lowest BCUT2D eigenvalue weighted by Gasteiger charge is -2.56. The third kappa shape index (κ3) is 7.44. The van der Waals surface area contributed by atoms with Gasteiger partial charge in [-0.3, -0.25) is 0 Å². The van der Waals surface area contributed by atoms with E-state index in [0.717, 1.165) is 5.56 Å². The number of benzene rings is 1. The van der Waals surface area contributed by atoms with E-state index in [1.807, 2.05) is 30.3 Å². The highest BCUT2D eigenvalue weighted by molar-refractivity contribution is 6.68. The average Bonchev–Trinajstić information content (AvgIpc) is 2.62. The summed E-state index contributed by atoms with van der Waals surface area (Å²) >= 11 is 55.8. The maximum atomic E-state index is 9.23. The first kappa shape index (κ1) is 27.6. The predicted molar refractivity (Wildman–Crippen MR) is 127 cm³/mol. The highest BCUT2D eigenvalue weighted by atomic mass is 35.6. The Labute approximate surface area is 219 Å². The number of nitrogens with zero attached hydrogens (tertiary/aromatic N) is 3. The molecule has 0 amide bonds. The van der Waals surface area contributed by atoms with Gasteiger partial charge in [-0.15, -0.1) is 0 Å². The first-order valence-electron chi connectivity index (χ1n) is 8.24. The summed E-state index contributed by atoms with van der Waals surface area (Å²) in [6.07, 6.45) is 1.29. The molecule has 14 heteroatoms. The minimum Gasteiger partial charge on any atom is -0.394 e. The van der Waals surface area contributed by atoms with Gasteiger partial charge in [0.15, 0.2) is 6.35 Å². The van der Waals surface area contributed by atoms with E-state index in [0.29, 0.717) is 0 Å². The van der Waals surface area contributed by atoms with Gasteiger partial charge in [0.25, 0.3) is 7.83 Å². The summed E-state index contributed by atoms with van der Waals surface area (Å²) in [5, 5.41) is 9.23. The minimum atomic E-state index is -2.09. The predicted octanol–water partition coefficient (Wildman–Crippen LogP) is 6.18. The monoisotopic (exact) mass is 597 g/mol. The van der Waals surface area contributed by atoms with E-state index in [2.05, 4.69) is 0 Å². The second-order valence-corrected chi connectivity index (χ2v) is 12.7. The molecule has 30 heavy (non-hydrogen) atoms. The molecule has 5 nitrogen and oxygen atoms in total. The Hall–Kier alpha value is 1.37. The topological polar surface area (TPSA) is 39.2 Å². The lowest BCUT2D eigenvalue weighted by molar-refractivity contribution is -0.236. The van der Waals surface area contributed by atoms with E-state index in [-0.39, 0.29) is 19.9 Å². The van der Waals surface area contributed by atoms with Crippen molar-refractivity contribution in [1.82, 2.24) is 14.7 Å². The van der Waals surface area contributed by atoms with Crippen molar-refractivity contribution in [3.8, 4) is 0 Å². The van der Waals surface area contributed by atoms with Gasteiger partial charge < -0.3 is 9.84 Å². The number of rotatable bonds is 5. The normalized spacial score (nSPS) is 23.4. The molecule has 170 valence electrons. The Bertz CT molecular complexity index is 707. The van der Waals surface area contributed by atoms with E-state index in [9.17, 15) is 5.11 Å². The molecule has 1 heterocycles. The molecule has 1 saturated heterocycles. The fourth-order valence-corrected chi connectivity index (χ4v) is 4.17. The number of ether oxygens (including phenoxy) is 1. The van der Waals surface area contributed by atoms with Gasteiger partial charge in [-0.2, -0.15) is 4.90 Å². The fourth-order valence-electron chi connectivity index (χ4n) is 2.75. The number of hydrogen-bond acceptors (Lipinski definition) is 5. The van der Waals surface area contributed by atoms with Crippen LogP contribution in [0, 0.1) is 0 Å². The molecule has 1 aliphatic heterocycles. The van der Waals surface area contributed by atoms with Gasteiger partial charge in [-0.25, -0.2) is 9.80 Å². The van der Waals surface area contributed by atoms with Crippen molar-refractivity contribution in [2.75, 3.05) is 19.9 Å². The van der Waals surface area contributed by atoms with E-state index >= 15 is 0 Å². The molecule has 1 aromatic rings. The van der Waals surface area contributed by atoms with Gasteiger partial charge in [-0.05, 0) is 5.56 Å². The summed E-state index contributed by atoms with van der Waals surface area (Å²) in [5.74, 6) is 0. The molecular formula is C16H16Cl9N3O2. The zero-order valence-corrected chi connectivity index (χ0v) is 21.7. The number of hydrogen-bond donors (Lipinski definition) is 1. The van der Waals surface area contributed by atoms with Crippen LogP contribution in [0.2, 0.25) is 0 Å². The van der Waals surface area contributed by atoms with E-state index in [4.69, 9.17) is 109 Å². The molecule has 0 aliphatic carbocycles. The first-order valence-corrected chi connectivity index (χ1v) is 11.6. The maximum absolute atomic E-state index is 9.23. The highest BCUT2D eigenvalue weighted by Crippen LogP contribution is 2.47. The van der Waals surface area contributed by atoms with Crippen molar-refractivity contribution >= 4 is 110 Å². The largest absolute Gasteiger partial charge is 0.394 e. The van der Waals surface area contributed by atoms with Crippen LogP contribution in [0.25, 0.3) is 6.08 Å². The quantitative estimate of drug-likeness (QED) is 0.323. The summed E-state index contributed by atoms with van der Waals surface area (Å²) < 4.78 is -0.437. The average molecular weight is 601 g/mol. The molecule has 0 spiro atoms. The number of aliphatic hydroxyl groups excluding tert-OH is 1. The highest BCUT2D eigenvalue weighted by Gasteiger charge is 2.56. The Morgan fingerprint density at radius 2 is 1.47 bits per heavy atom. The van der Waals surface area contributed by atoms with Gasteiger partial charge in [0, 0.05) is 0 Å². The van der Waals surface area contributed by atoms with Gasteiger partial charge in [0.2, 0.25) is 3.92 Å². The standard InChI is InChI=1S/C16H16Cl9N3O2/c17-14(18,19)26-10-27(15(20,21)22)13(30-9-8-29)28(16(23,24)25)12(26)7-6-11-4-2-1-3-5-11/h1-7,12-13,29H,8-10H2. The maximum Gasteiger partial charge on any atom is 0.252 e. The van der Waals surface area contributed by atoms with Crippen LogP contribution in [0.3, 0.4) is 0 Å². The van der Waals surface area contributed by atoms with E-state index < -0.39 is 24.3 Å². The second kappa shape index (κ2) is 11.2. The molecule has 1 N–H and O–H groups in total. The van der Waals surface area contributed by atoms with Crippen molar-refractivity contribution in [3.05, 3.63) is 42.0 Å². The van der Waals surface area contributed by atoms with Crippen LogP contribution in [0.15, 0.2) is 36.4 Å². The third-order valence-corrected chi connectivity index (χ3v) is 5.86. The van der Waals surface area contributed by atoms with Crippen LogP contribution in [0.5, 0.6) is 0 Å². The Morgan fingerprint density at radius 1 is 0.900 bits per heavy atom. The van der Waals surface area contributed by atoms with Gasteiger partial charge in [0.1, 0.15) is 0 Å². The molecule has 1 aromatic carbocycles. The summed E-state index contributed by atoms with van der Waals surface area (Å²) in [7, 11) is 0. The van der Waals surface area contributed by atoms with E-state index in [1.165, 1.54) is 14.7 Å². The molecule has 2 rings (SSSR count). The SMILES string of the molecule is OCCOC1N(C(Cl)(Cl)Cl)CN(C(Cl)(Cl)Cl)C(C=Cc2ccccc2)N1C(Cl)(Cl)Cl. The van der Waals surface area contributed by atoms with Gasteiger partial charge in [-0.1, -0.05) is 147 Å². The lowest BCUT2D eigenvalue weighted by Crippen LogP contribution is -2.73. The van der Waals surface area contributed by atoms with E-state index in [1.54, 1.807) is 12.2 Å². The lowest BCUT2D eigenvalue weighted by atomic mass is 10.2. The van der Waals surface area contributed by atoms with Crippen molar-refractivity contribution in [3.63, 3.8) is 0 Å². The third-order valence-electron chi connectivity index (χ3n) is 3.98. The number of alkyl halides is 9. The summed E-state index contributed by atoms with van der Waals surface area (Å²) in [6, 6.07) is 9.32. The Balaban J connectivity index is 2.58. The Kier molecular flexibility index (Phi) is 10.3. The van der Waals surface area contributed by atoms with Crippen molar-refractivity contribution in [2.45, 2.75) is 24.3 Å². The number of halogens is 9. The van der Waals surface area contributed by atoms with Crippen molar-refractivity contribution in [2.24, 2.45) is 0 Å². The molecule has 0 bridgehead atoms. The molecule has 1 fully saturated rings. The smallest absolute Gasteiger partial charge is 0.252 e. The summed E-state index contributed by atoms with van der Waals surface area (Å²) in [4.78, 5) is 3.73. The van der Waals surface area contributed by atoms with Gasteiger partial charge >= 0.3 is 0 Å². The second-order valence-electron chi connectivity index (χ2n) is 6.00. The molecule has 0 radical (unpaired) electrons. The van der Waals surface area contributed by atoms with Crippen LogP contribution in [0.4, 0.5) is 0 Å². The minimum absolute atomic E-state index is 0.137. The van der Waals surface area contributed by atoms with Crippen LogP contribution >= 0.6 is 104 Å². The molecule has 2 atom stereocenters. The molecule has 0 aromatic heterocycles. The van der Waals surface area contributed by atoms with Crippen LogP contribution in [-0.4, -0.2) is 64.0 Å². The molecule has 0 saturated carbocycles. The summed E-state index contributed by atoms with van der Waals surface area (Å²) in [6.45, 7) is -0.650. The summed E-state index contributed by atoms with van der Waals surface area (Å²) in [5.41, 5.74) is 0.850. The Morgan fingerprint density at radius 3 is 1.93 bits per heavy atom. The van der Waals surface area contributed by atoms with Gasteiger partial charge in [0.05, 0.1) is 26.0 Å². The fraction of sp³-hybridized carbons (Fsp3) is 0.500. The molecule has 2 unspecified atom stereocenters. The zero-order valence-electron chi connectivity index (χ0n) is 14.9. The van der Waals surface area contributed by atoms with Crippen LogP contribution < -0.4 is 0 Å². The molecular weight excluding hydrogens is 585 g/mol. The van der Waals surface area contributed by atoms with Crippen LogP contribution in [-0.2, 0) is 4.74 Å². The zero-order chi connectivity index (χ0) is 22.7. The molecule has 1 aliphatic rings. The van der Waals surface area contributed by atoms with Crippen molar-refractivity contribution < 1.29 is 9.84 Å². The first-order chi connectivity index (χ1) is 13.8.